The highest BCUT2D eigenvalue weighted by atomic mass is 16.5. The minimum atomic E-state index is -0.466. The van der Waals surface area contributed by atoms with E-state index in [0.717, 1.165) is 12.1 Å². The van der Waals surface area contributed by atoms with Gasteiger partial charge in [-0.25, -0.2) is 0 Å². The molecule has 6 nitrogen and oxygen atoms in total. The molecule has 1 saturated heterocycles. The first-order valence-corrected chi connectivity index (χ1v) is 8.72. The van der Waals surface area contributed by atoms with Crippen molar-refractivity contribution in [2.24, 2.45) is 0 Å². The maximum atomic E-state index is 12.3. The zero-order chi connectivity index (χ0) is 18.4. The van der Waals surface area contributed by atoms with E-state index in [-0.39, 0.29) is 17.9 Å². The third kappa shape index (κ3) is 4.68. The van der Waals surface area contributed by atoms with Gasteiger partial charge in [0.15, 0.2) is 0 Å². The van der Waals surface area contributed by atoms with Crippen LogP contribution in [0.25, 0.3) is 0 Å². The number of nitrogens with one attached hydrogen (secondary N) is 3. The van der Waals surface area contributed by atoms with Crippen molar-refractivity contribution in [3.8, 4) is 0 Å². The predicted molar refractivity (Wildman–Crippen MR) is 100 cm³/mol. The van der Waals surface area contributed by atoms with E-state index in [2.05, 4.69) is 16.0 Å². The average molecular weight is 353 g/mol. The summed E-state index contributed by atoms with van der Waals surface area (Å²) >= 11 is 0. The lowest BCUT2D eigenvalue weighted by Gasteiger charge is -2.24. The van der Waals surface area contributed by atoms with Crippen LogP contribution in [0.4, 0.5) is 5.69 Å². The van der Waals surface area contributed by atoms with Gasteiger partial charge in [0.1, 0.15) is 6.10 Å². The van der Waals surface area contributed by atoms with E-state index in [4.69, 9.17) is 4.74 Å². The molecule has 6 heteroatoms. The Balaban J connectivity index is 1.62. The molecular weight excluding hydrogens is 330 g/mol. The number of carbonyl (C=O) groups excluding carboxylic acids is 2. The van der Waals surface area contributed by atoms with E-state index >= 15 is 0 Å². The number of carbonyl (C=O) groups is 2. The van der Waals surface area contributed by atoms with Crippen LogP contribution >= 0.6 is 0 Å². The smallest absolute Gasteiger partial charge is 0.255 e. The van der Waals surface area contributed by atoms with Gasteiger partial charge in [-0.1, -0.05) is 30.3 Å². The normalized spacial score (nSPS) is 18.0. The van der Waals surface area contributed by atoms with Gasteiger partial charge in [-0.3, -0.25) is 9.59 Å². The molecule has 3 N–H and O–H groups in total. The van der Waals surface area contributed by atoms with Gasteiger partial charge in [-0.2, -0.15) is 0 Å². The minimum absolute atomic E-state index is 0.136. The molecule has 3 rings (SSSR count). The summed E-state index contributed by atoms with van der Waals surface area (Å²) in [4.78, 5) is 24.6. The molecule has 0 spiro atoms. The Morgan fingerprint density at radius 1 is 1.15 bits per heavy atom. The molecule has 2 unspecified atom stereocenters. The van der Waals surface area contributed by atoms with Crippen LogP contribution in [0, 0.1) is 0 Å². The van der Waals surface area contributed by atoms with Crippen LogP contribution in [-0.2, 0) is 9.53 Å². The standard InChI is InChI=1S/C20H23N3O3/c1-14(22-20(25)18-13-21-10-11-26-18)16-8-5-9-17(12-16)23-19(24)15-6-3-2-4-7-15/h2-9,12,14,18,21H,10-11,13H2,1H3,(H,22,25)(H,23,24). The minimum Gasteiger partial charge on any atom is -0.366 e. The Bertz CT molecular complexity index is 758. The summed E-state index contributed by atoms with van der Waals surface area (Å²) in [6.07, 6.45) is -0.466. The number of morpholine rings is 1. The van der Waals surface area contributed by atoms with Crippen molar-refractivity contribution in [1.82, 2.24) is 10.6 Å². The second kappa shape index (κ2) is 8.60. The Morgan fingerprint density at radius 2 is 1.96 bits per heavy atom. The lowest BCUT2D eigenvalue weighted by atomic mass is 10.1. The number of anilines is 1. The van der Waals surface area contributed by atoms with Gasteiger partial charge in [-0.05, 0) is 36.8 Å². The third-order valence-corrected chi connectivity index (χ3v) is 4.26. The third-order valence-electron chi connectivity index (χ3n) is 4.26. The van der Waals surface area contributed by atoms with E-state index < -0.39 is 6.10 Å². The molecule has 1 aliphatic rings. The van der Waals surface area contributed by atoms with E-state index in [9.17, 15) is 9.59 Å². The van der Waals surface area contributed by atoms with Crippen molar-refractivity contribution in [3.63, 3.8) is 0 Å². The second-order valence-electron chi connectivity index (χ2n) is 6.24. The number of rotatable bonds is 5. The van der Waals surface area contributed by atoms with Crippen molar-refractivity contribution >= 4 is 17.5 Å². The molecule has 0 aliphatic carbocycles. The first-order chi connectivity index (χ1) is 12.6. The zero-order valence-electron chi connectivity index (χ0n) is 14.7. The molecule has 1 aliphatic heterocycles. The van der Waals surface area contributed by atoms with Crippen LogP contribution in [0.3, 0.4) is 0 Å². The Morgan fingerprint density at radius 3 is 2.69 bits per heavy atom. The Labute approximate surface area is 152 Å². The van der Waals surface area contributed by atoms with Gasteiger partial charge in [0.25, 0.3) is 11.8 Å². The number of amides is 2. The molecule has 2 atom stereocenters. The Hall–Kier alpha value is -2.70. The van der Waals surface area contributed by atoms with Gasteiger partial charge in [0, 0.05) is 24.3 Å². The molecule has 2 aromatic carbocycles. The maximum Gasteiger partial charge on any atom is 0.255 e. The van der Waals surface area contributed by atoms with Crippen LogP contribution < -0.4 is 16.0 Å². The van der Waals surface area contributed by atoms with Gasteiger partial charge in [0.05, 0.1) is 12.6 Å². The zero-order valence-corrected chi connectivity index (χ0v) is 14.7. The van der Waals surface area contributed by atoms with Gasteiger partial charge < -0.3 is 20.7 Å². The maximum absolute atomic E-state index is 12.3. The molecule has 0 radical (unpaired) electrons. The van der Waals surface area contributed by atoms with Crippen LogP contribution in [0.2, 0.25) is 0 Å². The fourth-order valence-corrected chi connectivity index (χ4v) is 2.80. The predicted octanol–water partition coefficient (Wildman–Crippen LogP) is 2.10. The summed E-state index contributed by atoms with van der Waals surface area (Å²) in [6.45, 7) is 3.73. The van der Waals surface area contributed by atoms with E-state index in [1.165, 1.54) is 0 Å². The molecule has 0 saturated carbocycles. The highest BCUT2D eigenvalue weighted by Crippen LogP contribution is 2.18. The number of hydrogen-bond acceptors (Lipinski definition) is 4. The quantitative estimate of drug-likeness (QED) is 0.769. The lowest BCUT2D eigenvalue weighted by Crippen LogP contribution is -2.48. The first kappa shape index (κ1) is 18.1. The monoisotopic (exact) mass is 353 g/mol. The van der Waals surface area contributed by atoms with Crippen molar-refractivity contribution in [2.75, 3.05) is 25.0 Å². The summed E-state index contributed by atoms with van der Waals surface area (Å²) in [5.41, 5.74) is 2.20. The molecular formula is C20H23N3O3. The van der Waals surface area contributed by atoms with Crippen LogP contribution in [0.5, 0.6) is 0 Å². The summed E-state index contributed by atoms with van der Waals surface area (Å²) in [5, 5.41) is 8.99. The Kier molecular flexibility index (Phi) is 5.99. The van der Waals surface area contributed by atoms with Gasteiger partial charge in [0.2, 0.25) is 0 Å². The van der Waals surface area contributed by atoms with Crippen molar-refractivity contribution < 1.29 is 14.3 Å². The highest BCUT2D eigenvalue weighted by molar-refractivity contribution is 6.04. The van der Waals surface area contributed by atoms with E-state index in [1.54, 1.807) is 12.1 Å². The second-order valence-corrected chi connectivity index (χ2v) is 6.24. The number of ether oxygens (including phenoxy) is 1. The van der Waals surface area contributed by atoms with Crippen LogP contribution in [0.15, 0.2) is 54.6 Å². The summed E-state index contributed by atoms with van der Waals surface area (Å²) < 4.78 is 5.47. The fraction of sp³-hybridized carbons (Fsp3) is 0.300. The molecule has 1 fully saturated rings. The molecule has 2 aromatic rings. The largest absolute Gasteiger partial charge is 0.366 e. The first-order valence-electron chi connectivity index (χ1n) is 8.72. The van der Waals surface area contributed by atoms with E-state index in [0.29, 0.717) is 24.4 Å². The topological polar surface area (TPSA) is 79.5 Å². The number of benzene rings is 2. The van der Waals surface area contributed by atoms with Crippen molar-refractivity contribution in [3.05, 3.63) is 65.7 Å². The summed E-state index contributed by atoms with van der Waals surface area (Å²) in [5.74, 6) is -0.301. The lowest BCUT2D eigenvalue weighted by molar-refractivity contribution is -0.134. The summed E-state index contributed by atoms with van der Waals surface area (Å²) in [7, 11) is 0. The van der Waals surface area contributed by atoms with Crippen molar-refractivity contribution in [2.45, 2.75) is 19.1 Å². The fourth-order valence-electron chi connectivity index (χ4n) is 2.80. The van der Waals surface area contributed by atoms with E-state index in [1.807, 2.05) is 49.4 Å². The van der Waals surface area contributed by atoms with Gasteiger partial charge in [-0.15, -0.1) is 0 Å². The van der Waals surface area contributed by atoms with Crippen LogP contribution in [-0.4, -0.2) is 37.6 Å². The number of hydrogen-bond donors (Lipinski definition) is 3. The highest BCUT2D eigenvalue weighted by Gasteiger charge is 2.23. The molecule has 26 heavy (non-hydrogen) atoms. The van der Waals surface area contributed by atoms with Crippen molar-refractivity contribution in [1.29, 1.82) is 0 Å². The molecule has 136 valence electrons. The summed E-state index contributed by atoms with van der Waals surface area (Å²) in [6, 6.07) is 16.3. The average Bonchev–Trinajstić information content (AvgIpc) is 2.69. The molecule has 1 heterocycles. The molecule has 2 amide bonds. The molecule has 0 bridgehead atoms. The van der Waals surface area contributed by atoms with Crippen LogP contribution in [0.1, 0.15) is 28.9 Å². The SMILES string of the molecule is CC(NC(=O)C1CNCCO1)c1cccc(NC(=O)c2ccccc2)c1. The molecule has 0 aromatic heterocycles. The van der Waals surface area contributed by atoms with Gasteiger partial charge >= 0.3 is 0 Å².